The van der Waals surface area contributed by atoms with Gasteiger partial charge in [0.2, 0.25) is 5.91 Å². The fraction of sp³-hybridized carbons (Fsp3) is 0.357. The van der Waals surface area contributed by atoms with Crippen LogP contribution in [-0.2, 0) is 4.79 Å². The van der Waals surface area contributed by atoms with Crippen LogP contribution in [0.25, 0.3) is 0 Å². The molecular formula is C14H16N4OS. The van der Waals surface area contributed by atoms with Gasteiger partial charge in [-0.05, 0) is 42.5 Å². The zero-order chi connectivity index (χ0) is 13.8. The van der Waals surface area contributed by atoms with E-state index in [-0.39, 0.29) is 11.8 Å². The first kappa shape index (κ1) is 13.1. The van der Waals surface area contributed by atoms with E-state index < -0.39 is 0 Å². The Morgan fingerprint density at radius 1 is 1.30 bits per heavy atom. The lowest BCUT2D eigenvalue weighted by molar-refractivity contribution is -0.120. The molecule has 3 heterocycles. The number of piperidine rings is 1. The Balaban J connectivity index is 1.54. The Morgan fingerprint density at radius 3 is 2.80 bits per heavy atom. The van der Waals surface area contributed by atoms with E-state index in [0.29, 0.717) is 5.82 Å². The maximum atomic E-state index is 12.2. The molecule has 104 valence electrons. The predicted molar refractivity (Wildman–Crippen MR) is 79.9 cm³/mol. The summed E-state index contributed by atoms with van der Waals surface area (Å²) in [6.45, 7) is 1.86. The van der Waals surface area contributed by atoms with Crippen LogP contribution < -0.4 is 10.2 Å². The summed E-state index contributed by atoms with van der Waals surface area (Å²) < 4.78 is 0. The molecule has 0 spiro atoms. The molecule has 6 heteroatoms. The molecule has 1 aliphatic heterocycles. The van der Waals surface area contributed by atoms with Crippen LogP contribution in [0.1, 0.15) is 12.8 Å². The van der Waals surface area contributed by atoms with E-state index in [9.17, 15) is 4.79 Å². The summed E-state index contributed by atoms with van der Waals surface area (Å²) in [7, 11) is 0. The van der Waals surface area contributed by atoms with Gasteiger partial charge in [-0.3, -0.25) is 4.79 Å². The van der Waals surface area contributed by atoms with E-state index in [0.717, 1.165) is 25.9 Å². The molecule has 0 saturated carbocycles. The van der Waals surface area contributed by atoms with E-state index in [1.54, 1.807) is 29.7 Å². The SMILES string of the molecule is O=C(Nc1cccnn1)C1CCN(c2cccs2)CC1. The molecule has 2 aromatic heterocycles. The lowest BCUT2D eigenvalue weighted by Crippen LogP contribution is -2.37. The van der Waals surface area contributed by atoms with Crippen molar-refractivity contribution in [3.8, 4) is 0 Å². The number of nitrogens with zero attached hydrogens (tertiary/aromatic N) is 3. The molecule has 1 aliphatic rings. The fourth-order valence-corrected chi connectivity index (χ4v) is 3.19. The van der Waals surface area contributed by atoms with Crippen LogP contribution in [0, 0.1) is 5.92 Å². The Kier molecular flexibility index (Phi) is 3.92. The third-order valence-corrected chi connectivity index (χ3v) is 4.44. The van der Waals surface area contributed by atoms with Crippen LogP contribution >= 0.6 is 11.3 Å². The number of carbonyl (C=O) groups excluding carboxylic acids is 1. The first-order valence-electron chi connectivity index (χ1n) is 6.70. The van der Waals surface area contributed by atoms with Crippen molar-refractivity contribution in [2.45, 2.75) is 12.8 Å². The molecule has 1 amide bonds. The third-order valence-electron chi connectivity index (χ3n) is 3.51. The zero-order valence-corrected chi connectivity index (χ0v) is 11.8. The Bertz CT molecular complexity index is 550. The van der Waals surface area contributed by atoms with E-state index >= 15 is 0 Å². The van der Waals surface area contributed by atoms with Gasteiger partial charge in [-0.1, -0.05) is 0 Å². The molecule has 0 unspecified atom stereocenters. The Labute approximate surface area is 121 Å². The van der Waals surface area contributed by atoms with Gasteiger partial charge in [0.05, 0.1) is 5.00 Å². The number of amides is 1. The average Bonchev–Trinajstić information content (AvgIpc) is 3.03. The quantitative estimate of drug-likeness (QED) is 0.942. The molecule has 3 rings (SSSR count). The first-order chi connectivity index (χ1) is 9.83. The molecule has 1 fully saturated rings. The summed E-state index contributed by atoms with van der Waals surface area (Å²) in [5.41, 5.74) is 0. The number of aromatic nitrogens is 2. The van der Waals surface area contributed by atoms with Gasteiger partial charge in [0.1, 0.15) is 0 Å². The summed E-state index contributed by atoms with van der Waals surface area (Å²) in [5, 5.41) is 13.8. The summed E-state index contributed by atoms with van der Waals surface area (Å²) in [4.78, 5) is 14.5. The lowest BCUT2D eigenvalue weighted by atomic mass is 9.96. The Morgan fingerprint density at radius 2 is 2.15 bits per heavy atom. The minimum atomic E-state index is 0.0522. The summed E-state index contributed by atoms with van der Waals surface area (Å²) in [5.74, 6) is 0.641. The second-order valence-corrected chi connectivity index (χ2v) is 5.74. The van der Waals surface area contributed by atoms with Crippen LogP contribution in [0.3, 0.4) is 0 Å². The second kappa shape index (κ2) is 6.00. The lowest BCUT2D eigenvalue weighted by Gasteiger charge is -2.31. The molecule has 0 aromatic carbocycles. The molecule has 20 heavy (non-hydrogen) atoms. The molecule has 5 nitrogen and oxygen atoms in total. The maximum absolute atomic E-state index is 12.2. The second-order valence-electron chi connectivity index (χ2n) is 4.81. The summed E-state index contributed by atoms with van der Waals surface area (Å²) >= 11 is 1.75. The highest BCUT2D eigenvalue weighted by Gasteiger charge is 2.25. The largest absolute Gasteiger partial charge is 0.363 e. The number of hydrogen-bond donors (Lipinski definition) is 1. The van der Waals surface area contributed by atoms with Gasteiger partial charge in [0.15, 0.2) is 5.82 Å². The molecule has 0 aliphatic carbocycles. The van der Waals surface area contributed by atoms with E-state index in [1.165, 1.54) is 5.00 Å². The van der Waals surface area contributed by atoms with Crippen molar-refractivity contribution >= 4 is 28.1 Å². The monoisotopic (exact) mass is 288 g/mol. The van der Waals surface area contributed by atoms with Crippen LogP contribution in [0.2, 0.25) is 0 Å². The van der Waals surface area contributed by atoms with Crippen LogP contribution in [-0.4, -0.2) is 29.2 Å². The number of hydrogen-bond acceptors (Lipinski definition) is 5. The van der Waals surface area contributed by atoms with Gasteiger partial charge in [-0.2, -0.15) is 5.10 Å². The van der Waals surface area contributed by atoms with Crippen molar-refractivity contribution in [3.05, 3.63) is 35.8 Å². The van der Waals surface area contributed by atoms with Crippen molar-refractivity contribution in [2.24, 2.45) is 5.92 Å². The average molecular weight is 288 g/mol. The number of carbonyl (C=O) groups is 1. The van der Waals surface area contributed by atoms with Crippen LogP contribution in [0.15, 0.2) is 35.8 Å². The number of thiophene rings is 1. The van der Waals surface area contributed by atoms with Gasteiger partial charge >= 0.3 is 0 Å². The topological polar surface area (TPSA) is 58.1 Å². The maximum Gasteiger partial charge on any atom is 0.228 e. The van der Waals surface area contributed by atoms with Crippen LogP contribution in [0.4, 0.5) is 10.8 Å². The van der Waals surface area contributed by atoms with Gasteiger partial charge in [0.25, 0.3) is 0 Å². The standard InChI is InChI=1S/C14H16N4OS/c19-14(16-12-3-1-7-15-17-12)11-5-8-18(9-6-11)13-4-2-10-20-13/h1-4,7,10-11H,5-6,8-9H2,(H,16,17,19). The van der Waals surface area contributed by atoms with Crippen molar-refractivity contribution in [1.29, 1.82) is 0 Å². The Hall–Kier alpha value is -1.95. The highest BCUT2D eigenvalue weighted by molar-refractivity contribution is 7.14. The zero-order valence-electron chi connectivity index (χ0n) is 11.0. The molecule has 0 bridgehead atoms. The number of anilines is 2. The highest BCUT2D eigenvalue weighted by Crippen LogP contribution is 2.27. The number of rotatable bonds is 3. The van der Waals surface area contributed by atoms with Crippen LogP contribution in [0.5, 0.6) is 0 Å². The van der Waals surface area contributed by atoms with E-state index in [4.69, 9.17) is 0 Å². The molecule has 0 atom stereocenters. The molecule has 0 radical (unpaired) electrons. The molecule has 2 aromatic rings. The number of nitrogens with one attached hydrogen (secondary N) is 1. The summed E-state index contributed by atoms with van der Waals surface area (Å²) in [6, 6.07) is 7.71. The van der Waals surface area contributed by atoms with Crippen molar-refractivity contribution in [1.82, 2.24) is 10.2 Å². The van der Waals surface area contributed by atoms with Gasteiger partial charge < -0.3 is 10.2 Å². The van der Waals surface area contributed by atoms with Gasteiger partial charge in [-0.15, -0.1) is 16.4 Å². The minimum absolute atomic E-state index is 0.0522. The molecular weight excluding hydrogens is 272 g/mol. The first-order valence-corrected chi connectivity index (χ1v) is 7.58. The smallest absolute Gasteiger partial charge is 0.228 e. The fourth-order valence-electron chi connectivity index (χ4n) is 2.41. The molecule has 1 saturated heterocycles. The normalized spacial score (nSPS) is 16.1. The summed E-state index contributed by atoms with van der Waals surface area (Å²) in [6.07, 6.45) is 3.35. The van der Waals surface area contributed by atoms with Gasteiger partial charge in [0, 0.05) is 25.2 Å². The minimum Gasteiger partial charge on any atom is -0.363 e. The molecule has 1 N–H and O–H groups in total. The van der Waals surface area contributed by atoms with E-state index in [1.807, 2.05) is 0 Å². The van der Waals surface area contributed by atoms with Crippen molar-refractivity contribution < 1.29 is 4.79 Å². The highest BCUT2D eigenvalue weighted by atomic mass is 32.1. The van der Waals surface area contributed by atoms with E-state index in [2.05, 4.69) is 37.9 Å². The van der Waals surface area contributed by atoms with Crippen molar-refractivity contribution in [3.63, 3.8) is 0 Å². The predicted octanol–water partition coefficient (Wildman–Crippen LogP) is 2.39. The van der Waals surface area contributed by atoms with Crippen molar-refractivity contribution in [2.75, 3.05) is 23.3 Å². The van der Waals surface area contributed by atoms with Gasteiger partial charge in [-0.25, -0.2) is 0 Å². The third kappa shape index (κ3) is 2.96.